The van der Waals surface area contributed by atoms with Gasteiger partial charge in [-0.1, -0.05) is 11.6 Å². The molecule has 0 aliphatic rings. The number of hydrogen-bond acceptors (Lipinski definition) is 2. The molecule has 0 amide bonds. The highest BCUT2D eigenvalue weighted by atomic mass is 79.9. The summed E-state index contributed by atoms with van der Waals surface area (Å²) in [5.74, 6) is 0. The molecule has 4 heteroatoms. The third kappa shape index (κ3) is 1.40. The molecule has 1 aromatic rings. The van der Waals surface area contributed by atoms with Gasteiger partial charge in [-0.15, -0.1) is 0 Å². The van der Waals surface area contributed by atoms with E-state index in [1.54, 1.807) is 6.07 Å². The molecular formula is C8H6BrClN2. The molecule has 0 aliphatic carbocycles. The molecule has 1 rings (SSSR count). The summed E-state index contributed by atoms with van der Waals surface area (Å²) in [5.41, 5.74) is 7.46. The van der Waals surface area contributed by atoms with Crippen LogP contribution >= 0.6 is 27.5 Å². The molecule has 0 atom stereocenters. The molecule has 0 radical (unpaired) electrons. The summed E-state index contributed by atoms with van der Waals surface area (Å²) in [7, 11) is 0. The summed E-state index contributed by atoms with van der Waals surface area (Å²) in [5, 5.41) is 9.09. The quantitative estimate of drug-likeness (QED) is 0.715. The Balaban J connectivity index is 3.52. The van der Waals surface area contributed by atoms with E-state index < -0.39 is 0 Å². The van der Waals surface area contributed by atoms with Gasteiger partial charge in [0, 0.05) is 4.47 Å². The van der Waals surface area contributed by atoms with Gasteiger partial charge >= 0.3 is 0 Å². The molecule has 0 aliphatic heterocycles. The first-order valence-electron chi connectivity index (χ1n) is 3.22. The Labute approximate surface area is 84.1 Å². The van der Waals surface area contributed by atoms with E-state index in [4.69, 9.17) is 22.6 Å². The number of nitrogen functional groups attached to an aromatic ring is 1. The average Bonchev–Trinajstić information content (AvgIpc) is 2.08. The summed E-state index contributed by atoms with van der Waals surface area (Å²) < 4.78 is 0.701. The van der Waals surface area contributed by atoms with Crippen molar-refractivity contribution in [1.29, 1.82) is 5.26 Å². The van der Waals surface area contributed by atoms with Crippen molar-refractivity contribution >= 4 is 33.2 Å². The minimum absolute atomic E-state index is 0.407. The fourth-order valence-corrected chi connectivity index (χ4v) is 1.60. The van der Waals surface area contributed by atoms with E-state index in [1.807, 2.05) is 13.0 Å². The maximum atomic E-state index is 8.69. The molecule has 0 aromatic heterocycles. The summed E-state index contributed by atoms with van der Waals surface area (Å²) in [6, 6.07) is 3.60. The lowest BCUT2D eigenvalue weighted by Gasteiger charge is -2.05. The van der Waals surface area contributed by atoms with E-state index in [0.717, 1.165) is 5.56 Å². The van der Waals surface area contributed by atoms with Crippen LogP contribution in [0, 0.1) is 18.3 Å². The molecule has 0 spiro atoms. The fraction of sp³-hybridized carbons (Fsp3) is 0.125. The van der Waals surface area contributed by atoms with Gasteiger partial charge in [0.05, 0.1) is 22.3 Å². The maximum absolute atomic E-state index is 8.69. The number of nitrogens with two attached hydrogens (primary N) is 1. The number of nitriles is 1. The van der Waals surface area contributed by atoms with Gasteiger partial charge in [0.15, 0.2) is 0 Å². The van der Waals surface area contributed by atoms with Crippen LogP contribution in [0.4, 0.5) is 5.69 Å². The molecule has 12 heavy (non-hydrogen) atoms. The number of hydrogen-bond donors (Lipinski definition) is 1. The largest absolute Gasteiger partial charge is 0.397 e. The first-order chi connectivity index (χ1) is 5.57. The van der Waals surface area contributed by atoms with Crippen molar-refractivity contribution in [2.75, 3.05) is 5.73 Å². The van der Waals surface area contributed by atoms with Gasteiger partial charge in [0.2, 0.25) is 0 Å². The SMILES string of the molecule is Cc1c(C#N)cc(Cl)c(N)c1Br. The van der Waals surface area contributed by atoms with Gasteiger partial charge in [-0.3, -0.25) is 0 Å². The van der Waals surface area contributed by atoms with E-state index in [0.29, 0.717) is 20.7 Å². The molecule has 2 nitrogen and oxygen atoms in total. The van der Waals surface area contributed by atoms with Crippen molar-refractivity contribution in [2.24, 2.45) is 0 Å². The van der Waals surface area contributed by atoms with Crippen molar-refractivity contribution in [3.8, 4) is 6.07 Å². The predicted molar refractivity (Wildman–Crippen MR) is 53.0 cm³/mol. The van der Waals surface area contributed by atoms with E-state index >= 15 is 0 Å². The van der Waals surface area contributed by atoms with Crippen molar-refractivity contribution in [3.63, 3.8) is 0 Å². The number of benzene rings is 1. The van der Waals surface area contributed by atoms with Crippen LogP contribution in [0.1, 0.15) is 11.1 Å². The molecule has 1 aromatic carbocycles. The normalized spacial score (nSPS) is 9.50. The van der Waals surface area contributed by atoms with Gasteiger partial charge in [-0.05, 0) is 34.5 Å². The smallest absolute Gasteiger partial charge is 0.0995 e. The van der Waals surface area contributed by atoms with Crippen LogP contribution in [-0.2, 0) is 0 Å². The van der Waals surface area contributed by atoms with E-state index in [-0.39, 0.29) is 0 Å². The van der Waals surface area contributed by atoms with Crippen LogP contribution in [0.15, 0.2) is 10.5 Å². The highest BCUT2D eigenvalue weighted by Gasteiger charge is 2.08. The van der Waals surface area contributed by atoms with Crippen LogP contribution < -0.4 is 5.73 Å². The third-order valence-electron chi connectivity index (χ3n) is 1.62. The second-order valence-electron chi connectivity index (χ2n) is 2.37. The lowest BCUT2D eigenvalue weighted by atomic mass is 10.1. The van der Waals surface area contributed by atoms with Crippen molar-refractivity contribution in [3.05, 3.63) is 26.7 Å². The van der Waals surface area contributed by atoms with Gasteiger partial charge < -0.3 is 5.73 Å². The highest BCUT2D eigenvalue weighted by molar-refractivity contribution is 9.10. The van der Waals surface area contributed by atoms with Gasteiger partial charge in [0.1, 0.15) is 0 Å². The topological polar surface area (TPSA) is 49.8 Å². The Kier molecular flexibility index (Phi) is 2.61. The molecule has 62 valence electrons. The number of anilines is 1. The Bertz CT molecular complexity index is 368. The molecule has 0 saturated heterocycles. The van der Waals surface area contributed by atoms with Crippen LogP contribution in [0.5, 0.6) is 0 Å². The van der Waals surface area contributed by atoms with Crippen molar-refractivity contribution in [2.45, 2.75) is 6.92 Å². The number of nitrogens with zero attached hydrogens (tertiary/aromatic N) is 1. The first-order valence-corrected chi connectivity index (χ1v) is 4.39. The number of halogens is 2. The maximum Gasteiger partial charge on any atom is 0.0995 e. The summed E-state index contributed by atoms with van der Waals surface area (Å²) in [6.45, 7) is 1.81. The zero-order valence-electron chi connectivity index (χ0n) is 6.36. The molecule has 2 N–H and O–H groups in total. The third-order valence-corrected chi connectivity index (χ3v) is 2.95. The van der Waals surface area contributed by atoms with Crippen LogP contribution in [0.3, 0.4) is 0 Å². The Hall–Kier alpha value is -0.720. The molecular weight excluding hydrogens is 239 g/mol. The van der Waals surface area contributed by atoms with E-state index in [2.05, 4.69) is 15.9 Å². The van der Waals surface area contributed by atoms with Crippen LogP contribution in [-0.4, -0.2) is 0 Å². The Morgan fingerprint density at radius 3 is 2.75 bits per heavy atom. The first kappa shape index (κ1) is 9.37. The monoisotopic (exact) mass is 244 g/mol. The molecule has 0 saturated carbocycles. The fourth-order valence-electron chi connectivity index (χ4n) is 0.854. The minimum Gasteiger partial charge on any atom is -0.397 e. The molecule has 0 bridgehead atoms. The second-order valence-corrected chi connectivity index (χ2v) is 3.57. The summed E-state index contributed by atoms with van der Waals surface area (Å²) in [6.07, 6.45) is 0. The average molecular weight is 246 g/mol. The Morgan fingerprint density at radius 2 is 2.25 bits per heavy atom. The zero-order chi connectivity index (χ0) is 9.30. The second kappa shape index (κ2) is 3.34. The van der Waals surface area contributed by atoms with Crippen molar-refractivity contribution in [1.82, 2.24) is 0 Å². The lowest BCUT2D eigenvalue weighted by molar-refractivity contribution is 1.37. The van der Waals surface area contributed by atoms with Crippen LogP contribution in [0.25, 0.3) is 0 Å². The van der Waals surface area contributed by atoms with Crippen LogP contribution in [0.2, 0.25) is 5.02 Å². The number of rotatable bonds is 0. The van der Waals surface area contributed by atoms with Gasteiger partial charge in [0.25, 0.3) is 0 Å². The summed E-state index contributed by atoms with van der Waals surface area (Å²) in [4.78, 5) is 0. The van der Waals surface area contributed by atoms with Crippen molar-refractivity contribution < 1.29 is 0 Å². The lowest BCUT2D eigenvalue weighted by Crippen LogP contribution is -1.93. The molecule has 0 fully saturated rings. The minimum atomic E-state index is 0.407. The van der Waals surface area contributed by atoms with E-state index in [9.17, 15) is 0 Å². The Morgan fingerprint density at radius 1 is 1.67 bits per heavy atom. The van der Waals surface area contributed by atoms with Gasteiger partial charge in [-0.2, -0.15) is 5.26 Å². The molecule has 0 heterocycles. The molecule has 0 unspecified atom stereocenters. The van der Waals surface area contributed by atoms with E-state index in [1.165, 1.54) is 0 Å². The van der Waals surface area contributed by atoms with Gasteiger partial charge in [-0.25, -0.2) is 0 Å². The zero-order valence-corrected chi connectivity index (χ0v) is 8.70. The highest BCUT2D eigenvalue weighted by Crippen LogP contribution is 2.32. The summed E-state index contributed by atoms with van der Waals surface area (Å²) >= 11 is 9.02. The standard InChI is InChI=1S/C8H6BrClN2/c1-4-5(3-11)2-6(10)8(12)7(4)9/h2H,12H2,1H3. The predicted octanol–water partition coefficient (Wildman–Crippen LogP) is 2.86.